The summed E-state index contributed by atoms with van der Waals surface area (Å²) in [5, 5.41) is 11.7. The zero-order valence-corrected chi connectivity index (χ0v) is 10.7. The topological polar surface area (TPSA) is 42.4 Å². The van der Waals surface area contributed by atoms with Crippen molar-refractivity contribution in [2.45, 2.75) is 37.6 Å². The average molecular weight is 255 g/mol. The van der Waals surface area contributed by atoms with E-state index in [1.807, 2.05) is 30.3 Å². The third-order valence-electron chi connectivity index (χ3n) is 4.53. The second-order valence-electron chi connectivity index (χ2n) is 5.67. The third kappa shape index (κ3) is 1.85. The van der Waals surface area contributed by atoms with Crippen LogP contribution < -0.4 is 0 Å². The van der Waals surface area contributed by atoms with Gasteiger partial charge in [-0.05, 0) is 37.0 Å². The zero-order valence-electron chi connectivity index (χ0n) is 10.7. The Morgan fingerprint density at radius 1 is 1.26 bits per heavy atom. The number of aromatic nitrogens is 1. The van der Waals surface area contributed by atoms with Crippen molar-refractivity contribution in [1.29, 1.82) is 0 Å². The molecule has 2 aromatic rings. The molecule has 3 heterocycles. The van der Waals surface area contributed by atoms with Gasteiger partial charge in [-0.1, -0.05) is 18.2 Å². The van der Waals surface area contributed by atoms with Crippen molar-refractivity contribution in [3.8, 4) is 0 Å². The van der Waals surface area contributed by atoms with Gasteiger partial charge in [-0.3, -0.25) is 4.98 Å². The van der Waals surface area contributed by atoms with Crippen LogP contribution in [0.2, 0.25) is 0 Å². The molecule has 2 fully saturated rings. The van der Waals surface area contributed by atoms with Crippen molar-refractivity contribution < 1.29 is 9.84 Å². The van der Waals surface area contributed by atoms with Gasteiger partial charge in [0.1, 0.15) is 0 Å². The Kier molecular flexibility index (Phi) is 2.57. The maximum atomic E-state index is 10.6. The lowest BCUT2D eigenvalue weighted by Crippen LogP contribution is -2.23. The standard InChI is InChI=1S/C16H17NO2/c18-16(13-9-12-5-6-15(13)19-12)11-4-3-10-2-1-7-17-14(10)8-11/h1-4,7-8,12-13,15-16,18H,5-6,9H2. The van der Waals surface area contributed by atoms with E-state index in [1.165, 1.54) is 0 Å². The van der Waals surface area contributed by atoms with Gasteiger partial charge < -0.3 is 9.84 Å². The molecular formula is C16H17NO2. The Hall–Kier alpha value is -1.45. The van der Waals surface area contributed by atoms with Crippen molar-refractivity contribution in [1.82, 2.24) is 4.98 Å². The summed E-state index contributed by atoms with van der Waals surface area (Å²) in [7, 11) is 0. The van der Waals surface area contributed by atoms with E-state index in [2.05, 4.69) is 4.98 Å². The molecule has 98 valence electrons. The van der Waals surface area contributed by atoms with Gasteiger partial charge in [-0.15, -0.1) is 0 Å². The molecule has 4 unspecified atom stereocenters. The number of nitrogens with zero attached hydrogens (tertiary/aromatic N) is 1. The Morgan fingerprint density at radius 3 is 3.00 bits per heavy atom. The SMILES string of the molecule is OC(c1ccc2cccnc2c1)C1CC2CCC1O2. The monoisotopic (exact) mass is 255 g/mol. The number of benzene rings is 1. The summed E-state index contributed by atoms with van der Waals surface area (Å²) in [4.78, 5) is 4.36. The summed E-state index contributed by atoms with van der Waals surface area (Å²) >= 11 is 0. The molecule has 0 spiro atoms. The fraction of sp³-hybridized carbons (Fsp3) is 0.438. The normalized spacial score (nSPS) is 30.9. The van der Waals surface area contributed by atoms with Crippen molar-refractivity contribution in [3.05, 3.63) is 42.1 Å². The highest BCUT2D eigenvalue weighted by Gasteiger charge is 2.44. The molecule has 2 aliphatic rings. The van der Waals surface area contributed by atoms with Gasteiger partial charge in [0.2, 0.25) is 0 Å². The summed E-state index contributed by atoms with van der Waals surface area (Å²) in [6.07, 6.45) is 5.24. The number of hydrogen-bond acceptors (Lipinski definition) is 3. The first kappa shape index (κ1) is 11.4. The highest BCUT2D eigenvalue weighted by molar-refractivity contribution is 5.78. The molecule has 4 rings (SSSR count). The second-order valence-corrected chi connectivity index (χ2v) is 5.67. The van der Waals surface area contributed by atoms with Crippen LogP contribution in [0.5, 0.6) is 0 Å². The van der Waals surface area contributed by atoms with Gasteiger partial charge >= 0.3 is 0 Å². The van der Waals surface area contributed by atoms with Crippen molar-refractivity contribution in [3.63, 3.8) is 0 Å². The van der Waals surface area contributed by atoms with E-state index in [-0.39, 0.29) is 12.0 Å². The largest absolute Gasteiger partial charge is 0.388 e. The molecule has 3 heteroatoms. The predicted octanol–water partition coefficient (Wildman–Crippen LogP) is 2.84. The van der Waals surface area contributed by atoms with Gasteiger partial charge in [-0.2, -0.15) is 0 Å². The molecule has 3 nitrogen and oxygen atoms in total. The Bertz CT molecular complexity index is 612. The number of aliphatic hydroxyl groups is 1. The molecule has 0 radical (unpaired) electrons. The van der Waals surface area contributed by atoms with Gasteiger partial charge in [0, 0.05) is 17.5 Å². The maximum absolute atomic E-state index is 10.6. The molecule has 1 aromatic carbocycles. The van der Waals surface area contributed by atoms with Crippen LogP contribution in [0, 0.1) is 5.92 Å². The van der Waals surface area contributed by atoms with Crippen LogP contribution in [-0.4, -0.2) is 22.3 Å². The number of pyridine rings is 1. The molecule has 0 amide bonds. The lowest BCUT2D eigenvalue weighted by molar-refractivity contribution is 0.0423. The van der Waals surface area contributed by atoms with E-state index < -0.39 is 6.10 Å². The number of hydrogen-bond donors (Lipinski definition) is 1. The van der Waals surface area contributed by atoms with E-state index >= 15 is 0 Å². The molecule has 4 atom stereocenters. The van der Waals surface area contributed by atoms with E-state index in [9.17, 15) is 5.11 Å². The fourth-order valence-electron chi connectivity index (χ4n) is 3.52. The minimum atomic E-state index is -0.429. The molecule has 19 heavy (non-hydrogen) atoms. The van der Waals surface area contributed by atoms with Crippen molar-refractivity contribution in [2.24, 2.45) is 5.92 Å². The molecule has 1 N–H and O–H groups in total. The second kappa shape index (κ2) is 4.29. The van der Waals surface area contributed by atoms with Crippen LogP contribution in [0.1, 0.15) is 30.9 Å². The molecule has 2 saturated heterocycles. The van der Waals surface area contributed by atoms with Crippen LogP contribution in [0.4, 0.5) is 0 Å². The van der Waals surface area contributed by atoms with Gasteiger partial charge in [-0.25, -0.2) is 0 Å². The quantitative estimate of drug-likeness (QED) is 0.897. The third-order valence-corrected chi connectivity index (χ3v) is 4.53. The fourth-order valence-corrected chi connectivity index (χ4v) is 3.52. The van der Waals surface area contributed by atoms with Gasteiger partial charge in [0.25, 0.3) is 0 Å². The Labute approximate surface area is 112 Å². The summed E-state index contributed by atoms with van der Waals surface area (Å²) in [6, 6.07) is 10.0. The lowest BCUT2D eigenvalue weighted by Gasteiger charge is -2.24. The van der Waals surface area contributed by atoms with Gasteiger partial charge in [0.15, 0.2) is 0 Å². The minimum Gasteiger partial charge on any atom is -0.388 e. The predicted molar refractivity (Wildman–Crippen MR) is 72.7 cm³/mol. The summed E-state index contributed by atoms with van der Waals surface area (Å²) in [5.41, 5.74) is 1.91. The summed E-state index contributed by atoms with van der Waals surface area (Å²) in [6.45, 7) is 0. The lowest BCUT2D eigenvalue weighted by atomic mass is 9.82. The van der Waals surface area contributed by atoms with Crippen LogP contribution in [-0.2, 0) is 4.74 Å². The minimum absolute atomic E-state index is 0.249. The Morgan fingerprint density at radius 2 is 2.21 bits per heavy atom. The first-order chi connectivity index (χ1) is 9.31. The molecule has 0 aliphatic carbocycles. The van der Waals surface area contributed by atoms with Gasteiger partial charge in [0.05, 0.1) is 23.8 Å². The average Bonchev–Trinajstić information content (AvgIpc) is 3.08. The maximum Gasteiger partial charge on any atom is 0.0844 e. The van der Waals surface area contributed by atoms with E-state index in [1.54, 1.807) is 6.20 Å². The zero-order chi connectivity index (χ0) is 12.8. The summed E-state index contributed by atoms with van der Waals surface area (Å²) in [5.74, 6) is 0.250. The Balaban J connectivity index is 1.66. The highest BCUT2D eigenvalue weighted by Crippen LogP contribution is 2.44. The molecule has 2 bridgehead atoms. The smallest absolute Gasteiger partial charge is 0.0844 e. The van der Waals surface area contributed by atoms with Crippen LogP contribution in [0.15, 0.2) is 36.5 Å². The highest BCUT2D eigenvalue weighted by atomic mass is 16.5. The van der Waals surface area contributed by atoms with Crippen LogP contribution in [0.25, 0.3) is 10.9 Å². The van der Waals surface area contributed by atoms with Crippen LogP contribution >= 0.6 is 0 Å². The number of rotatable bonds is 2. The number of aliphatic hydroxyl groups excluding tert-OH is 1. The van der Waals surface area contributed by atoms with Crippen LogP contribution in [0.3, 0.4) is 0 Å². The summed E-state index contributed by atoms with van der Waals surface area (Å²) < 4.78 is 5.84. The first-order valence-electron chi connectivity index (χ1n) is 6.99. The van der Waals surface area contributed by atoms with Crippen molar-refractivity contribution in [2.75, 3.05) is 0 Å². The van der Waals surface area contributed by atoms with Crippen molar-refractivity contribution >= 4 is 10.9 Å². The number of fused-ring (bicyclic) bond motifs is 3. The first-order valence-corrected chi connectivity index (χ1v) is 6.99. The molecule has 2 aliphatic heterocycles. The van der Waals surface area contributed by atoms with E-state index in [0.29, 0.717) is 6.10 Å². The molecule has 0 saturated carbocycles. The molecular weight excluding hydrogens is 238 g/mol. The molecule has 1 aromatic heterocycles. The number of ether oxygens (including phenoxy) is 1. The van der Waals surface area contributed by atoms with E-state index in [4.69, 9.17) is 4.74 Å². The van der Waals surface area contributed by atoms with E-state index in [0.717, 1.165) is 35.7 Å².